The van der Waals surface area contributed by atoms with E-state index in [1.54, 1.807) is 5.56 Å². The minimum absolute atomic E-state index is 0.314. The number of likely N-dealkylation sites (N-methyl/N-ethyl adjacent to an activating group) is 1. The van der Waals surface area contributed by atoms with E-state index in [1.165, 1.54) is 44.1 Å². The van der Waals surface area contributed by atoms with Gasteiger partial charge >= 0.3 is 0 Å². The summed E-state index contributed by atoms with van der Waals surface area (Å²) in [5.41, 5.74) is 3.01. The first-order chi connectivity index (χ1) is 10.2. The van der Waals surface area contributed by atoms with E-state index in [0.29, 0.717) is 6.10 Å². The van der Waals surface area contributed by atoms with Crippen LogP contribution in [0.2, 0.25) is 0 Å². The molecule has 2 nitrogen and oxygen atoms in total. The van der Waals surface area contributed by atoms with Crippen molar-refractivity contribution in [2.24, 2.45) is 11.8 Å². The number of ether oxygens (including phenoxy) is 1. The molecule has 21 heavy (non-hydrogen) atoms. The van der Waals surface area contributed by atoms with Gasteiger partial charge in [-0.15, -0.1) is 0 Å². The maximum absolute atomic E-state index is 6.31. The first-order valence-corrected chi connectivity index (χ1v) is 8.58. The molecule has 0 amide bonds. The van der Waals surface area contributed by atoms with Crippen LogP contribution in [0.5, 0.6) is 0 Å². The summed E-state index contributed by atoms with van der Waals surface area (Å²) in [4.78, 5) is 2.20. The van der Waals surface area contributed by atoms with E-state index in [9.17, 15) is 0 Å². The Labute approximate surface area is 129 Å². The summed E-state index contributed by atoms with van der Waals surface area (Å²) < 4.78 is 6.31. The fraction of sp³-hybridized carbons (Fsp3) is 0.684. The van der Waals surface area contributed by atoms with Gasteiger partial charge in [0.25, 0.3) is 0 Å². The van der Waals surface area contributed by atoms with Crippen LogP contribution >= 0.6 is 0 Å². The van der Waals surface area contributed by atoms with Crippen LogP contribution in [0.3, 0.4) is 0 Å². The highest BCUT2D eigenvalue weighted by molar-refractivity contribution is 5.31. The van der Waals surface area contributed by atoms with E-state index in [-0.39, 0.29) is 0 Å². The average Bonchev–Trinajstić information content (AvgIpc) is 2.63. The summed E-state index contributed by atoms with van der Waals surface area (Å²) in [6.07, 6.45) is 8.49. The van der Waals surface area contributed by atoms with E-state index in [4.69, 9.17) is 4.74 Å². The van der Waals surface area contributed by atoms with E-state index < -0.39 is 0 Å². The molecule has 0 aliphatic heterocycles. The predicted octanol–water partition coefficient (Wildman–Crippen LogP) is 4.06. The van der Waals surface area contributed by atoms with E-state index in [0.717, 1.165) is 25.0 Å². The lowest BCUT2D eigenvalue weighted by atomic mass is 9.76. The number of fused-ring (bicyclic) bond motifs is 2. The van der Waals surface area contributed by atoms with Gasteiger partial charge in [0, 0.05) is 6.54 Å². The molecule has 1 aromatic rings. The molecule has 3 unspecified atom stereocenters. The Kier molecular flexibility index (Phi) is 4.97. The summed E-state index contributed by atoms with van der Waals surface area (Å²) in [7, 11) is 4.23. The molecule has 0 spiro atoms. The van der Waals surface area contributed by atoms with Crippen LogP contribution in [0, 0.1) is 11.8 Å². The minimum atomic E-state index is 0.314. The fourth-order valence-electron chi connectivity index (χ4n) is 4.12. The van der Waals surface area contributed by atoms with Gasteiger partial charge in [-0.2, -0.15) is 0 Å². The molecule has 3 rings (SSSR count). The Bertz CT molecular complexity index is 457. The van der Waals surface area contributed by atoms with Crippen LogP contribution in [0.25, 0.3) is 0 Å². The maximum Gasteiger partial charge on any atom is 0.0831 e. The Balaban J connectivity index is 1.77. The molecule has 2 heteroatoms. The van der Waals surface area contributed by atoms with Crippen LogP contribution in [-0.2, 0) is 11.2 Å². The van der Waals surface area contributed by atoms with Gasteiger partial charge in [-0.25, -0.2) is 0 Å². The van der Waals surface area contributed by atoms with E-state index >= 15 is 0 Å². The predicted molar refractivity (Wildman–Crippen MR) is 87.5 cm³/mol. The van der Waals surface area contributed by atoms with Gasteiger partial charge in [-0.1, -0.05) is 43.5 Å². The van der Waals surface area contributed by atoms with E-state index in [1.807, 2.05) is 0 Å². The SMILES string of the molecule is CN(C)CCOC1CC2CCCCC2Cc2ccccc21. The highest BCUT2D eigenvalue weighted by Gasteiger charge is 2.33. The molecule has 0 bridgehead atoms. The molecule has 0 N–H and O–H groups in total. The van der Waals surface area contributed by atoms with Gasteiger partial charge in [0.15, 0.2) is 0 Å². The van der Waals surface area contributed by atoms with Gasteiger partial charge < -0.3 is 9.64 Å². The molecule has 3 atom stereocenters. The van der Waals surface area contributed by atoms with Gasteiger partial charge in [-0.05, 0) is 56.3 Å². The molecule has 0 aromatic heterocycles. The van der Waals surface area contributed by atoms with Gasteiger partial charge in [0.05, 0.1) is 12.7 Å². The molecule has 0 saturated heterocycles. The zero-order valence-electron chi connectivity index (χ0n) is 13.6. The average molecular weight is 287 g/mol. The smallest absolute Gasteiger partial charge is 0.0831 e. The lowest BCUT2D eigenvalue weighted by molar-refractivity contribution is 0.0195. The van der Waals surface area contributed by atoms with Gasteiger partial charge in [-0.3, -0.25) is 0 Å². The monoisotopic (exact) mass is 287 g/mol. The van der Waals surface area contributed by atoms with Crippen LogP contribution in [0.1, 0.15) is 49.3 Å². The van der Waals surface area contributed by atoms with Gasteiger partial charge in [0.1, 0.15) is 0 Å². The normalized spacial score (nSPS) is 28.8. The third-order valence-corrected chi connectivity index (χ3v) is 5.32. The zero-order valence-corrected chi connectivity index (χ0v) is 13.6. The first kappa shape index (κ1) is 15.1. The van der Waals surface area contributed by atoms with Crippen molar-refractivity contribution in [2.75, 3.05) is 27.2 Å². The fourth-order valence-corrected chi connectivity index (χ4v) is 4.12. The third-order valence-electron chi connectivity index (χ3n) is 5.32. The molecule has 1 fully saturated rings. The summed E-state index contributed by atoms with van der Waals surface area (Å²) in [6.45, 7) is 1.84. The summed E-state index contributed by atoms with van der Waals surface area (Å²) >= 11 is 0. The van der Waals surface area contributed by atoms with E-state index in [2.05, 4.69) is 43.3 Å². The van der Waals surface area contributed by atoms with Crippen LogP contribution in [-0.4, -0.2) is 32.1 Å². The van der Waals surface area contributed by atoms with Crippen LogP contribution in [0.4, 0.5) is 0 Å². The molecule has 2 aliphatic carbocycles. The molecular weight excluding hydrogens is 258 g/mol. The Morgan fingerprint density at radius 3 is 2.67 bits per heavy atom. The van der Waals surface area contributed by atoms with Crippen molar-refractivity contribution in [1.82, 2.24) is 4.90 Å². The van der Waals surface area contributed by atoms with Crippen molar-refractivity contribution in [3.05, 3.63) is 35.4 Å². The number of rotatable bonds is 4. The molecule has 1 saturated carbocycles. The second-order valence-electron chi connectivity index (χ2n) is 7.11. The summed E-state index contributed by atoms with van der Waals surface area (Å²) in [6, 6.07) is 9.00. The molecule has 1 aromatic carbocycles. The second kappa shape index (κ2) is 6.93. The van der Waals surface area contributed by atoms with Crippen molar-refractivity contribution in [2.45, 2.75) is 44.6 Å². The topological polar surface area (TPSA) is 12.5 Å². The minimum Gasteiger partial charge on any atom is -0.372 e. The third kappa shape index (κ3) is 3.67. The maximum atomic E-state index is 6.31. The molecular formula is C19H29NO. The van der Waals surface area contributed by atoms with Gasteiger partial charge in [0.2, 0.25) is 0 Å². The van der Waals surface area contributed by atoms with Crippen LogP contribution in [0.15, 0.2) is 24.3 Å². The summed E-state index contributed by atoms with van der Waals surface area (Å²) in [5, 5.41) is 0. The number of hydrogen-bond acceptors (Lipinski definition) is 2. The highest BCUT2D eigenvalue weighted by Crippen LogP contribution is 2.43. The largest absolute Gasteiger partial charge is 0.372 e. The van der Waals surface area contributed by atoms with Crippen molar-refractivity contribution >= 4 is 0 Å². The number of nitrogens with zero attached hydrogens (tertiary/aromatic N) is 1. The molecule has 2 aliphatic rings. The Hall–Kier alpha value is -0.860. The number of hydrogen-bond donors (Lipinski definition) is 0. The lowest BCUT2D eigenvalue weighted by Crippen LogP contribution is -2.23. The van der Waals surface area contributed by atoms with Crippen molar-refractivity contribution in [3.63, 3.8) is 0 Å². The Morgan fingerprint density at radius 1 is 1.10 bits per heavy atom. The first-order valence-electron chi connectivity index (χ1n) is 8.58. The van der Waals surface area contributed by atoms with Crippen LogP contribution < -0.4 is 0 Å². The molecule has 116 valence electrons. The molecule has 0 radical (unpaired) electrons. The highest BCUT2D eigenvalue weighted by atomic mass is 16.5. The summed E-state index contributed by atoms with van der Waals surface area (Å²) in [5.74, 6) is 1.76. The van der Waals surface area contributed by atoms with Crippen molar-refractivity contribution < 1.29 is 4.74 Å². The van der Waals surface area contributed by atoms with Crippen molar-refractivity contribution in [1.29, 1.82) is 0 Å². The lowest BCUT2D eigenvalue weighted by Gasteiger charge is -2.31. The quantitative estimate of drug-likeness (QED) is 0.828. The standard InChI is InChI=1S/C19H29NO/c1-20(2)11-12-21-19-14-16-8-4-3-7-15(16)13-17-9-5-6-10-18(17)19/h5-6,9-10,15-16,19H,3-4,7-8,11-14H2,1-2H3. The zero-order chi connectivity index (χ0) is 14.7. The van der Waals surface area contributed by atoms with Crippen molar-refractivity contribution in [3.8, 4) is 0 Å². The molecule has 0 heterocycles. The second-order valence-corrected chi connectivity index (χ2v) is 7.11. The Morgan fingerprint density at radius 2 is 1.86 bits per heavy atom. The number of benzene rings is 1.